The lowest BCUT2D eigenvalue weighted by atomic mass is 10.1. The third-order valence-electron chi connectivity index (χ3n) is 2.32. The summed E-state index contributed by atoms with van der Waals surface area (Å²) in [7, 11) is 1.47. The molecule has 0 spiro atoms. The minimum absolute atomic E-state index is 0.0955. The summed E-state index contributed by atoms with van der Waals surface area (Å²) in [5.41, 5.74) is 1.93. The predicted octanol–water partition coefficient (Wildman–Crippen LogP) is 2.18. The maximum atomic E-state index is 10.9. The minimum atomic E-state index is -1.01. The number of aromatic carboxylic acids is 1. The first-order valence-electron chi connectivity index (χ1n) is 4.53. The number of nitrogens with one attached hydrogen (secondary N) is 1. The Labute approximate surface area is 86.5 Å². The van der Waals surface area contributed by atoms with Gasteiger partial charge in [-0.05, 0) is 19.1 Å². The molecule has 0 atom stereocenters. The fourth-order valence-corrected chi connectivity index (χ4v) is 1.64. The van der Waals surface area contributed by atoms with Gasteiger partial charge in [-0.2, -0.15) is 0 Å². The number of rotatable bonds is 2. The van der Waals surface area contributed by atoms with Crippen molar-refractivity contribution < 1.29 is 14.6 Å². The average molecular weight is 205 g/mol. The van der Waals surface area contributed by atoms with Crippen LogP contribution in [0.1, 0.15) is 16.1 Å². The second-order valence-electron chi connectivity index (χ2n) is 3.39. The van der Waals surface area contributed by atoms with E-state index in [1.165, 1.54) is 7.11 Å². The highest BCUT2D eigenvalue weighted by molar-refractivity contribution is 6.00. The number of carboxylic acid groups (broad SMARTS) is 1. The molecule has 78 valence electrons. The number of aromatic nitrogens is 1. The molecule has 1 aromatic carbocycles. The second-order valence-corrected chi connectivity index (χ2v) is 3.39. The van der Waals surface area contributed by atoms with Crippen LogP contribution in [0.5, 0.6) is 5.75 Å². The third-order valence-corrected chi connectivity index (χ3v) is 2.32. The van der Waals surface area contributed by atoms with Gasteiger partial charge in [-0.25, -0.2) is 4.79 Å². The van der Waals surface area contributed by atoms with E-state index in [1.54, 1.807) is 0 Å². The smallest absolute Gasteiger partial charge is 0.356 e. The number of ether oxygens (including phenoxy) is 1. The van der Waals surface area contributed by atoms with Crippen molar-refractivity contribution in [2.75, 3.05) is 7.11 Å². The average Bonchev–Trinajstić information content (AvgIpc) is 2.55. The van der Waals surface area contributed by atoms with Crippen molar-refractivity contribution in [2.45, 2.75) is 6.92 Å². The number of H-pyrrole nitrogens is 1. The standard InChI is InChI=1S/C11H11NO3/c1-6-3-4-8-7(5-6)10(15-2)9(12-8)11(13)14/h3-5,12H,1-2H3,(H,13,14). The van der Waals surface area contributed by atoms with Gasteiger partial charge >= 0.3 is 5.97 Å². The van der Waals surface area contributed by atoms with Gasteiger partial charge in [0.05, 0.1) is 7.11 Å². The highest BCUT2D eigenvalue weighted by atomic mass is 16.5. The van der Waals surface area contributed by atoms with Gasteiger partial charge in [-0.15, -0.1) is 0 Å². The van der Waals surface area contributed by atoms with E-state index < -0.39 is 5.97 Å². The van der Waals surface area contributed by atoms with Gasteiger partial charge in [0.15, 0.2) is 11.4 Å². The number of hydrogen-bond donors (Lipinski definition) is 2. The molecule has 0 aliphatic carbocycles. The number of carbonyl (C=O) groups is 1. The van der Waals surface area contributed by atoms with E-state index in [4.69, 9.17) is 9.84 Å². The van der Waals surface area contributed by atoms with Crippen LogP contribution >= 0.6 is 0 Å². The summed E-state index contributed by atoms with van der Waals surface area (Å²) in [5.74, 6) is -0.623. The van der Waals surface area contributed by atoms with Crippen LogP contribution in [0, 0.1) is 6.92 Å². The van der Waals surface area contributed by atoms with Crippen LogP contribution < -0.4 is 4.74 Å². The first kappa shape index (κ1) is 9.58. The quantitative estimate of drug-likeness (QED) is 0.789. The molecule has 0 amide bonds. The van der Waals surface area contributed by atoms with Crippen molar-refractivity contribution >= 4 is 16.9 Å². The molecule has 0 saturated heterocycles. The van der Waals surface area contributed by atoms with E-state index in [-0.39, 0.29) is 5.69 Å². The van der Waals surface area contributed by atoms with Crippen LogP contribution in [0.25, 0.3) is 10.9 Å². The number of methoxy groups -OCH3 is 1. The fourth-order valence-electron chi connectivity index (χ4n) is 1.64. The number of aromatic amines is 1. The summed E-state index contributed by atoms with van der Waals surface area (Å²) < 4.78 is 5.10. The molecular formula is C11H11NO3. The third kappa shape index (κ3) is 1.44. The monoisotopic (exact) mass is 205 g/mol. The van der Waals surface area contributed by atoms with Crippen molar-refractivity contribution in [3.63, 3.8) is 0 Å². The molecular weight excluding hydrogens is 194 g/mol. The molecule has 0 saturated carbocycles. The normalized spacial score (nSPS) is 10.5. The molecule has 0 unspecified atom stereocenters. The first-order chi connectivity index (χ1) is 7.13. The molecule has 2 rings (SSSR count). The molecule has 1 heterocycles. The van der Waals surface area contributed by atoms with Crippen LogP contribution in [-0.4, -0.2) is 23.2 Å². The molecule has 1 aromatic heterocycles. The molecule has 0 aliphatic rings. The van der Waals surface area contributed by atoms with E-state index in [2.05, 4.69) is 4.98 Å². The highest BCUT2D eigenvalue weighted by Gasteiger charge is 2.17. The number of hydrogen-bond acceptors (Lipinski definition) is 2. The Morgan fingerprint density at radius 2 is 2.20 bits per heavy atom. The molecule has 0 bridgehead atoms. The van der Waals surface area contributed by atoms with Crippen LogP contribution in [-0.2, 0) is 0 Å². The lowest BCUT2D eigenvalue weighted by Crippen LogP contribution is -1.99. The Bertz CT molecular complexity index is 528. The van der Waals surface area contributed by atoms with Gasteiger partial charge in [0.2, 0.25) is 0 Å². The van der Waals surface area contributed by atoms with Gasteiger partial charge < -0.3 is 14.8 Å². The summed E-state index contributed by atoms with van der Waals surface area (Å²) in [6.45, 7) is 1.95. The molecule has 2 aromatic rings. The molecule has 2 N–H and O–H groups in total. The Balaban J connectivity index is 2.79. The lowest BCUT2D eigenvalue weighted by Gasteiger charge is -1.99. The van der Waals surface area contributed by atoms with E-state index >= 15 is 0 Å². The zero-order chi connectivity index (χ0) is 11.0. The molecule has 0 aliphatic heterocycles. The summed E-state index contributed by atoms with van der Waals surface area (Å²) in [6, 6.07) is 5.67. The number of carboxylic acids is 1. The summed E-state index contributed by atoms with van der Waals surface area (Å²) in [4.78, 5) is 13.7. The van der Waals surface area contributed by atoms with Gasteiger partial charge in [-0.1, -0.05) is 11.6 Å². The minimum Gasteiger partial charge on any atom is -0.494 e. The first-order valence-corrected chi connectivity index (χ1v) is 4.53. The largest absolute Gasteiger partial charge is 0.494 e. The van der Waals surface area contributed by atoms with Crippen molar-refractivity contribution in [1.29, 1.82) is 0 Å². The summed E-state index contributed by atoms with van der Waals surface area (Å²) in [5, 5.41) is 9.76. The van der Waals surface area contributed by atoms with E-state index in [9.17, 15) is 4.79 Å². The van der Waals surface area contributed by atoms with E-state index in [1.807, 2.05) is 25.1 Å². The van der Waals surface area contributed by atoms with E-state index in [0.717, 1.165) is 16.5 Å². The van der Waals surface area contributed by atoms with Crippen LogP contribution in [0.3, 0.4) is 0 Å². The van der Waals surface area contributed by atoms with Gasteiger partial charge in [0, 0.05) is 10.9 Å². The van der Waals surface area contributed by atoms with Crippen molar-refractivity contribution in [3.8, 4) is 5.75 Å². The van der Waals surface area contributed by atoms with Gasteiger partial charge in [-0.3, -0.25) is 0 Å². The zero-order valence-corrected chi connectivity index (χ0v) is 8.50. The van der Waals surface area contributed by atoms with Crippen molar-refractivity contribution in [3.05, 3.63) is 29.5 Å². The number of aryl methyl sites for hydroxylation is 1. The maximum Gasteiger partial charge on any atom is 0.356 e. The number of benzene rings is 1. The van der Waals surface area contributed by atoms with Crippen molar-refractivity contribution in [1.82, 2.24) is 4.98 Å². The fraction of sp³-hybridized carbons (Fsp3) is 0.182. The Morgan fingerprint density at radius 1 is 1.47 bits per heavy atom. The van der Waals surface area contributed by atoms with Crippen LogP contribution in [0.15, 0.2) is 18.2 Å². The highest BCUT2D eigenvalue weighted by Crippen LogP contribution is 2.30. The van der Waals surface area contributed by atoms with Crippen molar-refractivity contribution in [2.24, 2.45) is 0 Å². The molecule has 15 heavy (non-hydrogen) atoms. The molecule has 0 radical (unpaired) electrons. The topological polar surface area (TPSA) is 62.3 Å². The van der Waals surface area contributed by atoms with Gasteiger partial charge in [0.25, 0.3) is 0 Å². The Hall–Kier alpha value is -1.97. The lowest BCUT2D eigenvalue weighted by molar-refractivity contribution is 0.0688. The zero-order valence-electron chi connectivity index (χ0n) is 8.50. The Kier molecular flexibility index (Phi) is 2.11. The molecule has 4 nitrogen and oxygen atoms in total. The van der Waals surface area contributed by atoms with Crippen LogP contribution in [0.4, 0.5) is 0 Å². The second kappa shape index (κ2) is 3.31. The number of fused-ring (bicyclic) bond motifs is 1. The molecule has 4 heteroatoms. The summed E-state index contributed by atoms with van der Waals surface area (Å²) >= 11 is 0. The molecule has 0 fully saturated rings. The SMILES string of the molecule is COc1c(C(=O)O)[nH]c2ccc(C)cc12. The predicted molar refractivity (Wildman–Crippen MR) is 56.5 cm³/mol. The maximum absolute atomic E-state index is 10.9. The summed E-state index contributed by atoms with van der Waals surface area (Å²) in [6.07, 6.45) is 0. The van der Waals surface area contributed by atoms with Gasteiger partial charge in [0.1, 0.15) is 0 Å². The van der Waals surface area contributed by atoms with Crippen LogP contribution in [0.2, 0.25) is 0 Å². The van der Waals surface area contributed by atoms with E-state index in [0.29, 0.717) is 5.75 Å². The Morgan fingerprint density at radius 3 is 2.80 bits per heavy atom.